The SMILES string of the molecule is O=C1NCc2cc(-c3cn(-c4ccccc4)c(CC4CC4)n3)ccc21. The molecule has 0 spiro atoms. The van der Waals surface area contributed by atoms with Crippen molar-refractivity contribution in [3.05, 3.63) is 71.7 Å². The third kappa shape index (κ3) is 2.64. The fourth-order valence-corrected chi connectivity index (χ4v) is 3.49. The van der Waals surface area contributed by atoms with Crippen molar-refractivity contribution in [3.8, 4) is 16.9 Å². The fraction of sp³-hybridized carbons (Fsp3) is 0.238. The van der Waals surface area contributed by atoms with Gasteiger partial charge >= 0.3 is 0 Å². The average Bonchev–Trinajstić information content (AvgIpc) is 3.24. The van der Waals surface area contributed by atoms with Crippen molar-refractivity contribution in [2.24, 2.45) is 5.92 Å². The third-order valence-electron chi connectivity index (χ3n) is 5.07. The number of para-hydroxylation sites is 1. The molecule has 0 bridgehead atoms. The molecule has 0 unspecified atom stereocenters. The maximum atomic E-state index is 11.8. The van der Waals surface area contributed by atoms with Crippen LogP contribution in [0.3, 0.4) is 0 Å². The smallest absolute Gasteiger partial charge is 0.251 e. The third-order valence-corrected chi connectivity index (χ3v) is 5.07. The lowest BCUT2D eigenvalue weighted by molar-refractivity contribution is 0.0966. The summed E-state index contributed by atoms with van der Waals surface area (Å²) >= 11 is 0. The van der Waals surface area contributed by atoms with E-state index in [1.165, 1.54) is 12.8 Å². The Morgan fingerprint density at radius 2 is 1.96 bits per heavy atom. The molecule has 0 saturated heterocycles. The lowest BCUT2D eigenvalue weighted by Gasteiger charge is -2.06. The van der Waals surface area contributed by atoms with Crippen LogP contribution in [0.1, 0.15) is 34.6 Å². The first-order valence-corrected chi connectivity index (χ1v) is 8.83. The maximum absolute atomic E-state index is 11.8. The Hall–Kier alpha value is -2.88. The lowest BCUT2D eigenvalue weighted by Crippen LogP contribution is -2.12. The van der Waals surface area contributed by atoms with Gasteiger partial charge in [-0.25, -0.2) is 4.98 Å². The van der Waals surface area contributed by atoms with Crippen LogP contribution in [-0.2, 0) is 13.0 Å². The van der Waals surface area contributed by atoms with Gasteiger partial charge in [0.1, 0.15) is 5.82 Å². The number of nitrogens with one attached hydrogen (secondary N) is 1. The summed E-state index contributed by atoms with van der Waals surface area (Å²) in [4.78, 5) is 16.7. The zero-order valence-electron chi connectivity index (χ0n) is 13.9. The van der Waals surface area contributed by atoms with Crippen molar-refractivity contribution < 1.29 is 4.79 Å². The molecule has 1 amide bonds. The van der Waals surface area contributed by atoms with Crippen molar-refractivity contribution in [2.75, 3.05) is 0 Å². The number of rotatable bonds is 4. The van der Waals surface area contributed by atoms with E-state index in [0.29, 0.717) is 6.54 Å². The number of carbonyl (C=O) groups excluding carboxylic acids is 1. The minimum absolute atomic E-state index is 0.0192. The predicted molar refractivity (Wildman–Crippen MR) is 96.6 cm³/mol. The van der Waals surface area contributed by atoms with E-state index in [-0.39, 0.29) is 5.91 Å². The van der Waals surface area contributed by atoms with Gasteiger partial charge in [-0.1, -0.05) is 24.3 Å². The molecule has 2 aromatic carbocycles. The van der Waals surface area contributed by atoms with Crippen LogP contribution in [0.25, 0.3) is 16.9 Å². The van der Waals surface area contributed by atoms with Crippen LogP contribution in [0.5, 0.6) is 0 Å². The van der Waals surface area contributed by atoms with E-state index >= 15 is 0 Å². The molecule has 25 heavy (non-hydrogen) atoms. The summed E-state index contributed by atoms with van der Waals surface area (Å²) in [7, 11) is 0. The van der Waals surface area contributed by atoms with Crippen LogP contribution in [0.4, 0.5) is 0 Å². The standard InChI is InChI=1S/C21H19N3O/c25-21-18-9-8-15(11-16(18)12-22-21)19-13-24(17-4-2-1-3-5-17)20(23-19)10-14-6-7-14/h1-5,8-9,11,13-14H,6-7,10,12H2,(H,22,25). The molecule has 0 atom stereocenters. The number of imidazole rings is 1. The Bertz CT molecular complexity index is 955. The van der Waals surface area contributed by atoms with Crippen molar-refractivity contribution in [2.45, 2.75) is 25.8 Å². The van der Waals surface area contributed by atoms with E-state index < -0.39 is 0 Å². The first-order chi connectivity index (χ1) is 12.3. The monoisotopic (exact) mass is 329 g/mol. The maximum Gasteiger partial charge on any atom is 0.251 e. The normalized spacial score (nSPS) is 15.9. The summed E-state index contributed by atoms with van der Waals surface area (Å²) in [5.41, 5.74) is 5.03. The number of amides is 1. The first kappa shape index (κ1) is 14.5. The largest absolute Gasteiger partial charge is 0.348 e. The summed E-state index contributed by atoms with van der Waals surface area (Å²) < 4.78 is 2.21. The molecule has 124 valence electrons. The predicted octanol–water partition coefficient (Wildman–Crippen LogP) is 3.74. The molecule has 5 rings (SSSR count). The van der Waals surface area contributed by atoms with Crippen LogP contribution in [0, 0.1) is 5.92 Å². The van der Waals surface area contributed by atoms with Crippen LogP contribution >= 0.6 is 0 Å². The Morgan fingerprint density at radius 3 is 2.76 bits per heavy atom. The molecular weight excluding hydrogens is 310 g/mol. The molecule has 1 saturated carbocycles. The van der Waals surface area contributed by atoms with Gasteiger partial charge in [-0.2, -0.15) is 0 Å². The van der Waals surface area contributed by atoms with Crippen molar-refractivity contribution in [3.63, 3.8) is 0 Å². The van der Waals surface area contributed by atoms with Crippen LogP contribution < -0.4 is 5.32 Å². The summed E-state index contributed by atoms with van der Waals surface area (Å²) in [6, 6.07) is 16.4. The van der Waals surface area contributed by atoms with Gasteiger partial charge in [0, 0.05) is 36.0 Å². The van der Waals surface area contributed by atoms with Gasteiger partial charge in [0.25, 0.3) is 5.91 Å². The molecule has 1 N–H and O–H groups in total. The van der Waals surface area contributed by atoms with E-state index in [1.807, 2.05) is 18.2 Å². The highest BCUT2D eigenvalue weighted by atomic mass is 16.1. The summed E-state index contributed by atoms with van der Waals surface area (Å²) in [6.45, 7) is 0.607. The highest BCUT2D eigenvalue weighted by Crippen LogP contribution is 2.34. The van der Waals surface area contributed by atoms with Crippen molar-refractivity contribution in [1.82, 2.24) is 14.9 Å². The molecule has 0 radical (unpaired) electrons. The van der Waals surface area contributed by atoms with Gasteiger partial charge in [-0.05, 0) is 48.6 Å². The average molecular weight is 329 g/mol. The van der Waals surface area contributed by atoms with Gasteiger partial charge in [0.15, 0.2) is 0 Å². The highest BCUT2D eigenvalue weighted by molar-refractivity contribution is 5.98. The number of aromatic nitrogens is 2. The minimum atomic E-state index is 0.0192. The quantitative estimate of drug-likeness (QED) is 0.793. The molecule has 2 heterocycles. The first-order valence-electron chi connectivity index (χ1n) is 8.83. The second kappa shape index (κ2) is 5.59. The van der Waals surface area contributed by atoms with Crippen LogP contribution in [-0.4, -0.2) is 15.5 Å². The number of nitrogens with zero attached hydrogens (tertiary/aromatic N) is 2. The number of hydrogen-bond acceptors (Lipinski definition) is 2. The zero-order chi connectivity index (χ0) is 16.8. The Balaban J connectivity index is 1.58. The molecule has 1 aromatic heterocycles. The number of fused-ring (bicyclic) bond motifs is 1. The second-order valence-electron chi connectivity index (χ2n) is 6.95. The molecule has 4 heteroatoms. The molecule has 2 aliphatic rings. The molecule has 4 nitrogen and oxygen atoms in total. The summed E-state index contributed by atoms with van der Waals surface area (Å²) in [6.07, 6.45) is 5.77. The van der Waals surface area contributed by atoms with Crippen molar-refractivity contribution >= 4 is 5.91 Å². The zero-order valence-corrected chi connectivity index (χ0v) is 13.9. The Kier molecular flexibility index (Phi) is 3.23. The van der Waals surface area contributed by atoms with Gasteiger partial charge in [0.05, 0.1) is 5.69 Å². The van der Waals surface area contributed by atoms with E-state index in [9.17, 15) is 4.79 Å². The molecule has 3 aromatic rings. The number of hydrogen-bond donors (Lipinski definition) is 1. The van der Waals surface area contributed by atoms with Crippen LogP contribution in [0.15, 0.2) is 54.7 Å². The fourth-order valence-electron chi connectivity index (χ4n) is 3.49. The highest BCUT2D eigenvalue weighted by Gasteiger charge is 2.25. The van der Waals surface area contributed by atoms with Gasteiger partial charge < -0.3 is 9.88 Å². The van der Waals surface area contributed by atoms with Crippen LogP contribution in [0.2, 0.25) is 0 Å². The number of carbonyl (C=O) groups is 1. The van der Waals surface area contributed by atoms with Gasteiger partial charge in [-0.3, -0.25) is 4.79 Å². The molecule has 1 fully saturated rings. The summed E-state index contributed by atoms with van der Waals surface area (Å²) in [5, 5.41) is 2.88. The van der Waals surface area contributed by atoms with E-state index in [0.717, 1.165) is 46.2 Å². The topological polar surface area (TPSA) is 46.9 Å². The lowest BCUT2D eigenvalue weighted by atomic mass is 10.0. The second-order valence-corrected chi connectivity index (χ2v) is 6.95. The van der Waals surface area contributed by atoms with Gasteiger partial charge in [-0.15, -0.1) is 0 Å². The molecular formula is C21H19N3O. The minimum Gasteiger partial charge on any atom is -0.348 e. The molecule has 1 aliphatic heterocycles. The Morgan fingerprint density at radius 1 is 1.12 bits per heavy atom. The number of benzene rings is 2. The van der Waals surface area contributed by atoms with E-state index in [1.54, 1.807) is 0 Å². The van der Waals surface area contributed by atoms with Crippen molar-refractivity contribution in [1.29, 1.82) is 0 Å². The van der Waals surface area contributed by atoms with E-state index in [2.05, 4.69) is 46.4 Å². The van der Waals surface area contributed by atoms with Gasteiger partial charge in [0.2, 0.25) is 0 Å². The summed E-state index contributed by atoms with van der Waals surface area (Å²) in [5.74, 6) is 1.92. The Labute approximate surface area is 146 Å². The van der Waals surface area contributed by atoms with E-state index in [4.69, 9.17) is 4.98 Å². The molecule has 1 aliphatic carbocycles.